The topological polar surface area (TPSA) is 40.5 Å². The van der Waals surface area contributed by atoms with Gasteiger partial charge in [-0.05, 0) is 54.8 Å². The van der Waals surface area contributed by atoms with E-state index in [0.717, 1.165) is 0 Å². The van der Waals surface area contributed by atoms with Crippen molar-refractivity contribution >= 4 is 0 Å². The largest absolute Gasteiger partial charge is 0.508 e. The first-order chi connectivity index (χ1) is 8.41. The molecule has 2 aromatic rings. The fourth-order valence-electron chi connectivity index (χ4n) is 1.90. The highest BCUT2D eigenvalue weighted by molar-refractivity contribution is 5.39. The van der Waals surface area contributed by atoms with Crippen molar-refractivity contribution in [3.63, 3.8) is 0 Å². The third-order valence-corrected chi connectivity index (χ3v) is 3.15. The number of hydrogen-bond acceptors (Lipinski definition) is 2. The van der Waals surface area contributed by atoms with Crippen LogP contribution in [0.25, 0.3) is 0 Å². The zero-order valence-electron chi connectivity index (χ0n) is 10.3. The van der Waals surface area contributed by atoms with E-state index in [0.29, 0.717) is 16.7 Å². The van der Waals surface area contributed by atoms with Crippen LogP contribution in [0.15, 0.2) is 42.5 Å². The van der Waals surface area contributed by atoms with Crippen molar-refractivity contribution in [2.24, 2.45) is 0 Å². The highest BCUT2D eigenvalue weighted by Crippen LogP contribution is 2.30. The predicted molar refractivity (Wildman–Crippen MR) is 67.9 cm³/mol. The van der Waals surface area contributed by atoms with E-state index in [9.17, 15) is 14.6 Å². The van der Waals surface area contributed by atoms with Crippen LogP contribution >= 0.6 is 0 Å². The number of phenols is 1. The lowest BCUT2D eigenvalue weighted by Gasteiger charge is -2.25. The molecule has 0 aliphatic rings. The average Bonchev–Trinajstić information content (AvgIpc) is 2.33. The minimum atomic E-state index is -1.22. The molecular weight excluding hydrogens is 231 g/mol. The van der Waals surface area contributed by atoms with E-state index in [2.05, 4.69) is 0 Å². The fourth-order valence-corrected chi connectivity index (χ4v) is 1.90. The first-order valence-electron chi connectivity index (χ1n) is 5.70. The summed E-state index contributed by atoms with van der Waals surface area (Å²) in [6.45, 7) is 3.30. The van der Waals surface area contributed by atoms with Crippen molar-refractivity contribution in [3.8, 4) is 5.75 Å². The molecule has 1 unspecified atom stereocenters. The minimum absolute atomic E-state index is 0.143. The van der Waals surface area contributed by atoms with Crippen LogP contribution in [-0.2, 0) is 5.60 Å². The smallest absolute Gasteiger partial charge is 0.126 e. The second-order valence-electron chi connectivity index (χ2n) is 4.58. The Morgan fingerprint density at radius 1 is 1.00 bits per heavy atom. The normalized spacial score (nSPS) is 14.2. The first-order valence-corrected chi connectivity index (χ1v) is 5.70. The molecule has 0 spiro atoms. The van der Waals surface area contributed by atoms with E-state index in [1.807, 2.05) is 0 Å². The van der Waals surface area contributed by atoms with Gasteiger partial charge in [0.05, 0.1) is 0 Å². The Morgan fingerprint density at radius 3 is 2.11 bits per heavy atom. The molecule has 0 aliphatic carbocycles. The molecule has 0 radical (unpaired) electrons. The molecule has 0 saturated heterocycles. The van der Waals surface area contributed by atoms with Gasteiger partial charge >= 0.3 is 0 Å². The Hall–Kier alpha value is -1.87. The number of aliphatic hydroxyl groups is 1. The quantitative estimate of drug-likeness (QED) is 0.854. The summed E-state index contributed by atoms with van der Waals surface area (Å²) in [4.78, 5) is 0. The number of phenolic OH excluding ortho intramolecular Hbond substituents is 1. The maximum atomic E-state index is 13.2. The summed E-state index contributed by atoms with van der Waals surface area (Å²) in [5, 5.41) is 19.8. The predicted octanol–water partition coefficient (Wildman–Crippen LogP) is 3.10. The van der Waals surface area contributed by atoms with Crippen LogP contribution < -0.4 is 0 Å². The molecule has 2 nitrogen and oxygen atoms in total. The van der Waals surface area contributed by atoms with E-state index < -0.39 is 5.60 Å². The van der Waals surface area contributed by atoms with Crippen LogP contribution in [-0.4, -0.2) is 10.2 Å². The highest BCUT2D eigenvalue weighted by Gasteiger charge is 2.25. The molecule has 2 aromatic carbocycles. The molecule has 18 heavy (non-hydrogen) atoms. The van der Waals surface area contributed by atoms with Crippen LogP contribution in [0, 0.1) is 12.7 Å². The number of hydrogen-bond donors (Lipinski definition) is 2. The van der Waals surface area contributed by atoms with Gasteiger partial charge in [0.1, 0.15) is 17.2 Å². The molecule has 0 aromatic heterocycles. The van der Waals surface area contributed by atoms with Gasteiger partial charge in [-0.2, -0.15) is 0 Å². The molecule has 0 fully saturated rings. The maximum absolute atomic E-state index is 13.2. The zero-order valence-corrected chi connectivity index (χ0v) is 10.3. The number of aromatic hydroxyl groups is 1. The maximum Gasteiger partial charge on any atom is 0.126 e. The third kappa shape index (κ3) is 2.22. The van der Waals surface area contributed by atoms with Gasteiger partial charge in [0.2, 0.25) is 0 Å². The Balaban J connectivity index is 2.46. The molecule has 2 rings (SSSR count). The van der Waals surface area contributed by atoms with Crippen LogP contribution in [0.3, 0.4) is 0 Å². The van der Waals surface area contributed by atoms with Gasteiger partial charge in [-0.15, -0.1) is 0 Å². The van der Waals surface area contributed by atoms with Crippen molar-refractivity contribution in [1.82, 2.24) is 0 Å². The first kappa shape index (κ1) is 12.6. The van der Waals surface area contributed by atoms with Crippen molar-refractivity contribution in [3.05, 3.63) is 65.0 Å². The molecule has 94 valence electrons. The van der Waals surface area contributed by atoms with E-state index >= 15 is 0 Å². The standard InChI is InChI=1S/C15H15FO2/c1-10-9-12(5-8-14(10)16)15(2,18)11-3-6-13(17)7-4-11/h3-9,17-18H,1-2H3. The zero-order chi connectivity index (χ0) is 13.3. The van der Waals surface area contributed by atoms with Crippen molar-refractivity contribution < 1.29 is 14.6 Å². The molecule has 0 amide bonds. The lowest BCUT2D eigenvalue weighted by atomic mass is 9.87. The van der Waals surface area contributed by atoms with Crippen LogP contribution in [0.1, 0.15) is 23.6 Å². The van der Waals surface area contributed by atoms with Gasteiger partial charge in [-0.1, -0.05) is 18.2 Å². The number of benzene rings is 2. The van der Waals surface area contributed by atoms with E-state index in [-0.39, 0.29) is 11.6 Å². The van der Waals surface area contributed by atoms with Gasteiger partial charge in [0.25, 0.3) is 0 Å². The lowest BCUT2D eigenvalue weighted by Crippen LogP contribution is -2.22. The molecule has 0 saturated carbocycles. The molecule has 3 heteroatoms. The molecule has 2 N–H and O–H groups in total. The summed E-state index contributed by atoms with van der Waals surface area (Å²) >= 11 is 0. The number of halogens is 1. The fraction of sp³-hybridized carbons (Fsp3) is 0.200. The van der Waals surface area contributed by atoms with Crippen molar-refractivity contribution in [1.29, 1.82) is 0 Å². The number of aryl methyl sites for hydroxylation is 1. The second kappa shape index (κ2) is 4.42. The summed E-state index contributed by atoms with van der Waals surface area (Å²) in [7, 11) is 0. The molecular formula is C15H15FO2. The molecule has 0 bridgehead atoms. The molecule has 1 atom stereocenters. The molecule has 0 heterocycles. The Kier molecular flexibility index (Phi) is 3.09. The van der Waals surface area contributed by atoms with Crippen LogP contribution in [0.4, 0.5) is 4.39 Å². The summed E-state index contributed by atoms with van der Waals surface area (Å²) in [5.41, 5.74) is 0.538. The summed E-state index contributed by atoms with van der Waals surface area (Å²) < 4.78 is 13.2. The van der Waals surface area contributed by atoms with Gasteiger partial charge in [-0.25, -0.2) is 4.39 Å². The third-order valence-electron chi connectivity index (χ3n) is 3.15. The Bertz CT molecular complexity index is 559. The monoisotopic (exact) mass is 246 g/mol. The van der Waals surface area contributed by atoms with Crippen molar-refractivity contribution in [2.75, 3.05) is 0 Å². The van der Waals surface area contributed by atoms with E-state index in [1.165, 1.54) is 18.2 Å². The average molecular weight is 246 g/mol. The lowest BCUT2D eigenvalue weighted by molar-refractivity contribution is 0.102. The van der Waals surface area contributed by atoms with Gasteiger partial charge < -0.3 is 10.2 Å². The number of rotatable bonds is 2. The van der Waals surface area contributed by atoms with E-state index in [4.69, 9.17) is 0 Å². The van der Waals surface area contributed by atoms with Crippen molar-refractivity contribution in [2.45, 2.75) is 19.4 Å². The summed E-state index contributed by atoms with van der Waals surface area (Å²) in [5.74, 6) is -0.148. The second-order valence-corrected chi connectivity index (χ2v) is 4.58. The Morgan fingerprint density at radius 2 is 1.56 bits per heavy atom. The van der Waals surface area contributed by atoms with E-state index in [1.54, 1.807) is 38.1 Å². The summed E-state index contributed by atoms with van der Waals surface area (Å²) in [6.07, 6.45) is 0. The van der Waals surface area contributed by atoms with Crippen LogP contribution in [0.2, 0.25) is 0 Å². The SMILES string of the molecule is Cc1cc(C(C)(O)c2ccc(O)cc2)ccc1F. The van der Waals surface area contributed by atoms with Crippen LogP contribution in [0.5, 0.6) is 5.75 Å². The molecule has 0 aliphatic heterocycles. The van der Waals surface area contributed by atoms with Gasteiger partial charge in [-0.3, -0.25) is 0 Å². The Labute approximate surface area is 105 Å². The minimum Gasteiger partial charge on any atom is -0.508 e. The van der Waals surface area contributed by atoms with Gasteiger partial charge in [0, 0.05) is 0 Å². The highest BCUT2D eigenvalue weighted by atomic mass is 19.1. The summed E-state index contributed by atoms with van der Waals surface area (Å²) in [6, 6.07) is 10.9. The van der Waals surface area contributed by atoms with Gasteiger partial charge in [0.15, 0.2) is 0 Å².